The van der Waals surface area contributed by atoms with Gasteiger partial charge in [0.25, 0.3) is 0 Å². The van der Waals surface area contributed by atoms with Gasteiger partial charge in [-0.3, -0.25) is 29.0 Å². The lowest BCUT2D eigenvalue weighted by Crippen LogP contribution is -2.60. The molecule has 3 saturated heterocycles. The number of fused-ring (bicyclic) bond motifs is 1. The first-order valence-electron chi connectivity index (χ1n) is 19.0. The fourth-order valence-electron chi connectivity index (χ4n) is 7.90. The van der Waals surface area contributed by atoms with Gasteiger partial charge in [-0.2, -0.15) is 10.1 Å². The molecular weight excluding hydrogens is 799 g/mol. The molecule has 6 heterocycles. The number of hydrogen-bond acceptors (Lipinski definition) is 15. The summed E-state index contributed by atoms with van der Waals surface area (Å²) in [6, 6.07) is 9.09. The summed E-state index contributed by atoms with van der Waals surface area (Å²) < 4.78 is 33.2. The number of ether oxygens (including phenoxy) is 1. The molecule has 56 heavy (non-hydrogen) atoms. The van der Waals surface area contributed by atoms with E-state index in [1.54, 1.807) is 31.6 Å². The predicted octanol–water partition coefficient (Wildman–Crippen LogP) is 5.23. The number of aromatic nitrogens is 6. The summed E-state index contributed by atoms with van der Waals surface area (Å²) >= 11 is 3.59. The molecule has 0 aliphatic carbocycles. The van der Waals surface area contributed by atoms with Crippen LogP contribution in [0.15, 0.2) is 59.7 Å². The van der Waals surface area contributed by atoms with Crippen LogP contribution in [0.4, 0.5) is 28.8 Å². The highest BCUT2D eigenvalue weighted by atomic mass is 79.9. The van der Waals surface area contributed by atoms with Gasteiger partial charge in [-0.25, -0.2) is 4.98 Å². The Kier molecular flexibility index (Phi) is 11.5. The normalized spacial score (nSPS) is 17.6. The Balaban J connectivity index is 1.06. The molecule has 3 aromatic heterocycles. The molecule has 0 amide bonds. The molecule has 0 bridgehead atoms. The molecule has 2 aromatic carbocycles. The van der Waals surface area contributed by atoms with Gasteiger partial charge in [-0.05, 0) is 53.9 Å². The van der Waals surface area contributed by atoms with Gasteiger partial charge in [0.1, 0.15) is 22.4 Å². The number of aryl methyl sites for hydroxylation is 1. The molecule has 16 nitrogen and oxygen atoms in total. The standard InChI is InChI=1S/C38H48BrN12O4P/c1-5-51-24-25(20-44-51)28-18-32(34(53-2)19-33(28)50-16-14-49(15-17-50)26-8-12-48(13-9-26)27-21-40-22-27)46-38-43-23-29(39)37(47-38)45-31-7-6-30-35(42-11-10-41-30)36(31)56(52,54-3)55-4/h6-7,10-11,18-20,23-24,26-27,40H,5,8-9,12-17,21-22H2,1-4H3,(H2,43,45,46,47). The van der Waals surface area contributed by atoms with Crippen molar-refractivity contribution in [2.45, 2.75) is 38.4 Å². The van der Waals surface area contributed by atoms with Crippen LogP contribution in [0, 0.1) is 0 Å². The van der Waals surface area contributed by atoms with Crippen molar-refractivity contribution < 1.29 is 18.3 Å². The highest BCUT2D eigenvalue weighted by Gasteiger charge is 2.34. The summed E-state index contributed by atoms with van der Waals surface area (Å²) in [5, 5.41) is 15.0. The quantitative estimate of drug-likeness (QED) is 0.132. The summed E-state index contributed by atoms with van der Waals surface area (Å²) in [4.78, 5) is 26.1. The van der Waals surface area contributed by atoms with E-state index in [2.05, 4.69) is 91.9 Å². The van der Waals surface area contributed by atoms with Gasteiger partial charge in [0, 0.05) is 133 Å². The largest absolute Gasteiger partial charge is 0.494 e. The lowest BCUT2D eigenvalue weighted by atomic mass is 9.98. The summed E-state index contributed by atoms with van der Waals surface area (Å²) in [5.41, 5.74) is 5.21. The van der Waals surface area contributed by atoms with Crippen LogP contribution in [0.1, 0.15) is 19.8 Å². The molecule has 0 unspecified atom stereocenters. The van der Waals surface area contributed by atoms with Gasteiger partial charge in [0.05, 0.1) is 34.7 Å². The first-order chi connectivity index (χ1) is 27.3. The third kappa shape index (κ3) is 7.73. The van der Waals surface area contributed by atoms with Crippen LogP contribution in [-0.2, 0) is 20.2 Å². The maximum atomic E-state index is 13.8. The van der Waals surface area contributed by atoms with Crippen LogP contribution in [0.2, 0.25) is 0 Å². The monoisotopic (exact) mass is 846 g/mol. The SMILES string of the molecule is CCn1cc(-c2cc(Nc3ncc(Br)c(Nc4ccc5nccnc5c4P(=O)(OC)OC)n3)c(OC)cc2N2CCN(C3CCN(C4CNC4)CC3)CC2)cn1. The van der Waals surface area contributed by atoms with E-state index in [1.807, 2.05) is 10.9 Å². The topological polar surface area (TPSA) is 160 Å². The van der Waals surface area contributed by atoms with E-state index >= 15 is 0 Å². The molecule has 0 saturated carbocycles. The van der Waals surface area contributed by atoms with Crippen LogP contribution in [0.25, 0.3) is 22.2 Å². The van der Waals surface area contributed by atoms with Gasteiger partial charge in [-0.1, -0.05) is 0 Å². The summed E-state index contributed by atoms with van der Waals surface area (Å²) in [6.07, 6.45) is 11.2. The van der Waals surface area contributed by atoms with Crippen molar-refractivity contribution in [1.29, 1.82) is 0 Å². The Hall–Kier alpha value is -4.22. The second kappa shape index (κ2) is 16.7. The molecule has 3 aliphatic heterocycles. The van der Waals surface area contributed by atoms with Crippen molar-refractivity contribution in [3.8, 4) is 16.9 Å². The molecule has 3 fully saturated rings. The van der Waals surface area contributed by atoms with E-state index in [0.29, 0.717) is 50.4 Å². The number of rotatable bonds is 13. The van der Waals surface area contributed by atoms with Crippen molar-refractivity contribution in [2.75, 3.05) is 89.2 Å². The average Bonchev–Trinajstić information content (AvgIpc) is 3.71. The van der Waals surface area contributed by atoms with Gasteiger partial charge >= 0.3 is 7.60 Å². The van der Waals surface area contributed by atoms with Crippen molar-refractivity contribution in [1.82, 2.24) is 44.8 Å². The smallest absolute Gasteiger partial charge is 0.365 e. The lowest BCUT2D eigenvalue weighted by Gasteiger charge is -2.46. The molecule has 18 heteroatoms. The van der Waals surface area contributed by atoms with Crippen molar-refractivity contribution in [3.05, 3.63) is 59.7 Å². The number of nitrogens with one attached hydrogen (secondary N) is 3. The first kappa shape index (κ1) is 38.6. The van der Waals surface area contributed by atoms with Crippen molar-refractivity contribution in [2.24, 2.45) is 0 Å². The lowest BCUT2D eigenvalue weighted by molar-refractivity contribution is 0.0631. The summed E-state index contributed by atoms with van der Waals surface area (Å²) in [7, 11) is 0.562. The molecule has 0 atom stereocenters. The minimum Gasteiger partial charge on any atom is -0.494 e. The maximum absolute atomic E-state index is 13.8. The Bertz CT molecular complexity index is 2210. The summed E-state index contributed by atoms with van der Waals surface area (Å²) in [5.74, 6) is 1.38. The zero-order chi connectivity index (χ0) is 38.8. The fraction of sp³-hybridized carbons (Fsp3) is 0.447. The Labute approximate surface area is 335 Å². The zero-order valence-corrected chi connectivity index (χ0v) is 34.6. The zero-order valence-electron chi connectivity index (χ0n) is 32.1. The van der Waals surface area contributed by atoms with E-state index < -0.39 is 7.60 Å². The number of piperazine rings is 1. The van der Waals surface area contributed by atoms with E-state index in [4.69, 9.17) is 18.8 Å². The minimum absolute atomic E-state index is 0.246. The van der Waals surface area contributed by atoms with Crippen LogP contribution in [-0.4, -0.2) is 125 Å². The van der Waals surface area contributed by atoms with E-state index in [1.165, 1.54) is 46.3 Å². The van der Waals surface area contributed by atoms with Crippen LogP contribution in [0.5, 0.6) is 5.75 Å². The molecule has 0 spiro atoms. The Morgan fingerprint density at radius 1 is 0.893 bits per heavy atom. The number of piperidine rings is 1. The average molecular weight is 848 g/mol. The molecule has 0 radical (unpaired) electrons. The number of anilines is 5. The van der Waals surface area contributed by atoms with E-state index in [0.717, 1.165) is 68.7 Å². The number of nitrogens with zero attached hydrogens (tertiary/aromatic N) is 9. The third-order valence-electron chi connectivity index (χ3n) is 11.1. The molecule has 3 aliphatic rings. The third-order valence-corrected chi connectivity index (χ3v) is 13.7. The van der Waals surface area contributed by atoms with E-state index in [-0.39, 0.29) is 5.30 Å². The first-order valence-corrected chi connectivity index (χ1v) is 21.3. The van der Waals surface area contributed by atoms with Gasteiger partial charge < -0.3 is 34.6 Å². The number of methoxy groups -OCH3 is 1. The second-order valence-corrected chi connectivity index (χ2v) is 17.2. The van der Waals surface area contributed by atoms with Crippen LogP contribution >= 0.6 is 23.5 Å². The van der Waals surface area contributed by atoms with Crippen molar-refractivity contribution >= 4 is 68.7 Å². The Morgan fingerprint density at radius 3 is 2.32 bits per heavy atom. The molecule has 296 valence electrons. The van der Waals surface area contributed by atoms with Gasteiger partial charge in [-0.15, -0.1) is 0 Å². The molecule has 5 aromatic rings. The van der Waals surface area contributed by atoms with Gasteiger partial charge in [0.15, 0.2) is 0 Å². The Morgan fingerprint density at radius 2 is 1.64 bits per heavy atom. The predicted molar refractivity (Wildman–Crippen MR) is 222 cm³/mol. The van der Waals surface area contributed by atoms with Crippen molar-refractivity contribution in [3.63, 3.8) is 0 Å². The molecule has 8 rings (SSSR count). The highest BCUT2D eigenvalue weighted by Crippen LogP contribution is 2.49. The highest BCUT2D eigenvalue weighted by molar-refractivity contribution is 9.10. The summed E-state index contributed by atoms with van der Waals surface area (Å²) in [6.45, 7) is 11.4. The minimum atomic E-state index is -3.79. The van der Waals surface area contributed by atoms with Crippen LogP contribution < -0.4 is 30.9 Å². The second-order valence-electron chi connectivity index (χ2n) is 14.1. The fourth-order valence-corrected chi connectivity index (χ4v) is 9.56. The van der Waals surface area contributed by atoms with Crippen LogP contribution in [0.3, 0.4) is 0 Å². The number of halogens is 1. The maximum Gasteiger partial charge on any atom is 0.365 e. The molecule has 3 N–H and O–H groups in total. The van der Waals surface area contributed by atoms with E-state index in [9.17, 15) is 4.57 Å². The molecular formula is C38H48BrN12O4P. The number of benzene rings is 2. The van der Waals surface area contributed by atoms with Gasteiger partial charge in [0.2, 0.25) is 5.95 Å². The number of likely N-dealkylation sites (tertiary alicyclic amines) is 1. The number of hydrogen-bond donors (Lipinski definition) is 3.